The molecule has 12 heteroatoms. The number of ether oxygens (including phenoxy) is 3. The maximum absolute atomic E-state index is 13.0. The van der Waals surface area contributed by atoms with Crippen molar-refractivity contribution in [2.24, 2.45) is 0 Å². The number of aromatic amines is 1. The Hall–Kier alpha value is -4.25. The number of esters is 2. The van der Waals surface area contributed by atoms with Crippen LogP contribution in [0.1, 0.15) is 118 Å². The van der Waals surface area contributed by atoms with Crippen LogP contribution < -0.4 is 20.9 Å². The first-order chi connectivity index (χ1) is 23.2. The second-order valence-electron chi connectivity index (χ2n) is 11.8. The van der Waals surface area contributed by atoms with Gasteiger partial charge in [0.05, 0.1) is 48.9 Å². The molecule has 0 aliphatic carbocycles. The van der Waals surface area contributed by atoms with E-state index >= 15 is 0 Å². The minimum Gasteiger partial charge on any atom is -0.495 e. The van der Waals surface area contributed by atoms with Gasteiger partial charge in [-0.2, -0.15) is 0 Å². The van der Waals surface area contributed by atoms with Crippen molar-refractivity contribution in [3.8, 4) is 11.4 Å². The van der Waals surface area contributed by atoms with Gasteiger partial charge in [-0.15, -0.1) is 0 Å². The van der Waals surface area contributed by atoms with E-state index < -0.39 is 17.5 Å². The monoisotopic (exact) mass is 684 g/mol. The number of anilines is 3. The van der Waals surface area contributed by atoms with Crippen molar-refractivity contribution in [1.82, 2.24) is 9.78 Å². The molecule has 3 rings (SSSR count). The van der Waals surface area contributed by atoms with E-state index in [9.17, 15) is 19.2 Å². The van der Waals surface area contributed by atoms with E-state index in [2.05, 4.69) is 22.7 Å². The van der Waals surface area contributed by atoms with E-state index in [0.717, 1.165) is 23.9 Å². The van der Waals surface area contributed by atoms with Gasteiger partial charge in [0.25, 0.3) is 5.56 Å². The van der Waals surface area contributed by atoms with E-state index in [1.165, 1.54) is 104 Å². The molecule has 3 N–H and O–H groups in total. The lowest BCUT2D eigenvalue weighted by atomic mass is 10.0. The number of amides is 1. The first-order valence-corrected chi connectivity index (χ1v) is 17.2. The highest BCUT2D eigenvalue weighted by atomic mass is 35.5. The molecular formula is C36H49ClN4O7. The third-order valence-corrected chi connectivity index (χ3v) is 8.50. The number of nitrogens with zero attached hydrogens (tertiary/aromatic N) is 1. The van der Waals surface area contributed by atoms with Crippen molar-refractivity contribution < 1.29 is 28.6 Å². The molecule has 262 valence electrons. The van der Waals surface area contributed by atoms with Crippen LogP contribution in [-0.2, 0) is 14.3 Å². The maximum atomic E-state index is 13.0. The lowest BCUT2D eigenvalue weighted by Crippen LogP contribution is -2.17. The van der Waals surface area contributed by atoms with Crippen LogP contribution >= 0.6 is 11.6 Å². The van der Waals surface area contributed by atoms with E-state index in [4.69, 9.17) is 25.8 Å². The summed E-state index contributed by atoms with van der Waals surface area (Å²) in [7, 11) is 3.88. The molecule has 0 atom stereocenters. The summed E-state index contributed by atoms with van der Waals surface area (Å²) >= 11 is 6.48. The minimum atomic E-state index is -0.789. The van der Waals surface area contributed by atoms with Crippen LogP contribution in [0.3, 0.4) is 0 Å². The fourth-order valence-corrected chi connectivity index (χ4v) is 5.73. The summed E-state index contributed by atoms with van der Waals surface area (Å²) in [5.74, 6) is -0.865. The molecule has 0 aliphatic rings. The Balaban J connectivity index is 1.57. The number of benzene rings is 2. The van der Waals surface area contributed by atoms with Crippen molar-refractivity contribution in [2.45, 2.75) is 96.8 Å². The lowest BCUT2D eigenvalue weighted by molar-refractivity contribution is -0.116. The number of rotatable bonds is 21. The maximum Gasteiger partial charge on any atom is 0.339 e. The molecule has 1 amide bonds. The SMILES string of the molecule is CCCCCCCCCCCCCCCC(=O)Nc1ccc(OC)c(Nc2cc(=O)n(-c3cc(C(=O)OC)cc(C(=O)OC)c3Cl)[nH]2)c1. The molecule has 1 heterocycles. The third kappa shape index (κ3) is 11.5. The predicted molar refractivity (Wildman–Crippen MR) is 189 cm³/mol. The number of H-pyrrole nitrogens is 1. The van der Waals surface area contributed by atoms with Gasteiger partial charge in [0.1, 0.15) is 11.6 Å². The molecule has 0 aliphatic heterocycles. The van der Waals surface area contributed by atoms with Crippen LogP contribution in [-0.4, -0.2) is 49.0 Å². The molecule has 1 aromatic heterocycles. The van der Waals surface area contributed by atoms with Crippen molar-refractivity contribution in [1.29, 1.82) is 0 Å². The van der Waals surface area contributed by atoms with Crippen molar-refractivity contribution in [2.75, 3.05) is 32.0 Å². The molecule has 0 saturated heterocycles. The first kappa shape index (κ1) is 38.2. The number of hydrogen-bond acceptors (Lipinski definition) is 8. The largest absolute Gasteiger partial charge is 0.495 e. The van der Waals surface area contributed by atoms with Crippen LogP contribution in [0.15, 0.2) is 41.2 Å². The number of halogens is 1. The Labute approximate surface area is 287 Å². The Morgan fingerprint density at radius 1 is 0.792 bits per heavy atom. The van der Waals surface area contributed by atoms with Crippen LogP contribution in [0.2, 0.25) is 5.02 Å². The first-order valence-electron chi connectivity index (χ1n) is 16.8. The summed E-state index contributed by atoms with van der Waals surface area (Å²) in [4.78, 5) is 50.3. The quantitative estimate of drug-likeness (QED) is 0.0749. The molecule has 3 aromatic rings. The zero-order valence-electron chi connectivity index (χ0n) is 28.5. The molecular weight excluding hydrogens is 636 g/mol. The van der Waals surface area contributed by atoms with Gasteiger partial charge in [-0.1, -0.05) is 95.6 Å². The Morgan fingerprint density at radius 3 is 1.98 bits per heavy atom. The predicted octanol–water partition coefficient (Wildman–Crippen LogP) is 8.56. The van der Waals surface area contributed by atoms with E-state index in [0.29, 0.717) is 23.5 Å². The van der Waals surface area contributed by atoms with Gasteiger partial charge in [-0.25, -0.2) is 14.3 Å². The van der Waals surface area contributed by atoms with Gasteiger partial charge in [0.2, 0.25) is 5.91 Å². The summed E-state index contributed by atoms with van der Waals surface area (Å²) in [6.07, 6.45) is 16.6. The fourth-order valence-electron chi connectivity index (χ4n) is 5.46. The summed E-state index contributed by atoms with van der Waals surface area (Å²) < 4.78 is 16.1. The van der Waals surface area contributed by atoms with Crippen LogP contribution in [0.25, 0.3) is 5.69 Å². The van der Waals surface area contributed by atoms with Gasteiger partial charge in [-0.3, -0.25) is 14.7 Å². The Bertz CT molecular complexity index is 1570. The zero-order valence-corrected chi connectivity index (χ0v) is 29.3. The van der Waals surface area contributed by atoms with Crippen LogP contribution in [0.5, 0.6) is 5.75 Å². The molecule has 2 aromatic carbocycles. The zero-order chi connectivity index (χ0) is 34.9. The molecule has 0 bridgehead atoms. The van der Waals surface area contributed by atoms with Crippen molar-refractivity contribution in [3.05, 3.63) is 62.9 Å². The van der Waals surface area contributed by atoms with Crippen molar-refractivity contribution in [3.63, 3.8) is 0 Å². The lowest BCUT2D eigenvalue weighted by Gasteiger charge is -2.13. The number of methoxy groups -OCH3 is 3. The smallest absolute Gasteiger partial charge is 0.339 e. The number of hydrogen-bond donors (Lipinski definition) is 3. The van der Waals surface area contributed by atoms with Crippen molar-refractivity contribution >= 4 is 46.6 Å². The highest BCUT2D eigenvalue weighted by Gasteiger charge is 2.22. The van der Waals surface area contributed by atoms with Crippen LogP contribution in [0.4, 0.5) is 17.2 Å². The minimum absolute atomic E-state index is 0.00257. The third-order valence-electron chi connectivity index (χ3n) is 8.10. The van der Waals surface area contributed by atoms with Crippen LogP contribution in [0, 0.1) is 0 Å². The van der Waals surface area contributed by atoms with Gasteiger partial charge in [-0.05, 0) is 36.8 Å². The van der Waals surface area contributed by atoms with Gasteiger partial charge >= 0.3 is 11.9 Å². The standard InChI is InChI=1S/C36H49ClN4O7/c1-5-6-7-8-9-10-11-12-13-14-15-16-17-18-32(42)38-26-19-20-30(46-2)28(23-26)39-31-24-33(43)41(40-31)29-22-25(35(44)47-3)21-27(34(29)37)36(45)48-4/h19-24,39-40H,5-18H2,1-4H3,(H,38,42). The number of carbonyl (C=O) groups is 3. The average Bonchev–Trinajstić information content (AvgIpc) is 3.45. The molecule has 0 saturated carbocycles. The number of nitrogens with one attached hydrogen (secondary N) is 3. The molecule has 48 heavy (non-hydrogen) atoms. The second-order valence-corrected chi connectivity index (χ2v) is 12.1. The highest BCUT2D eigenvalue weighted by molar-refractivity contribution is 6.35. The van der Waals surface area contributed by atoms with E-state index in [1.807, 2.05) is 0 Å². The fraction of sp³-hybridized carbons (Fsp3) is 0.500. The molecule has 0 unspecified atom stereocenters. The highest BCUT2D eigenvalue weighted by Crippen LogP contribution is 2.31. The summed E-state index contributed by atoms with van der Waals surface area (Å²) in [6, 6.07) is 8.99. The topological polar surface area (TPSA) is 141 Å². The molecule has 0 fully saturated rings. The van der Waals surface area contributed by atoms with Gasteiger partial charge < -0.3 is 24.8 Å². The summed E-state index contributed by atoms with van der Waals surface area (Å²) in [5.41, 5.74) is 0.442. The molecule has 0 spiro atoms. The van der Waals surface area contributed by atoms with E-state index in [-0.39, 0.29) is 33.6 Å². The summed E-state index contributed by atoms with van der Waals surface area (Å²) in [5, 5.41) is 8.84. The Morgan fingerprint density at radius 2 is 1.40 bits per heavy atom. The summed E-state index contributed by atoms with van der Waals surface area (Å²) in [6.45, 7) is 2.25. The molecule has 11 nitrogen and oxygen atoms in total. The second kappa shape index (κ2) is 20.2. The number of aromatic nitrogens is 2. The molecule has 0 radical (unpaired) electrons. The van der Waals surface area contributed by atoms with Gasteiger partial charge in [0, 0.05) is 18.2 Å². The van der Waals surface area contributed by atoms with E-state index in [1.54, 1.807) is 18.2 Å². The normalized spacial score (nSPS) is 10.9. The van der Waals surface area contributed by atoms with Gasteiger partial charge in [0.15, 0.2) is 0 Å². The number of unbranched alkanes of at least 4 members (excludes halogenated alkanes) is 12. The Kier molecular flexibility index (Phi) is 16.1. The number of carbonyl (C=O) groups excluding carboxylic acids is 3. The average molecular weight is 685 g/mol.